The molecule has 0 aromatic carbocycles. The second-order valence-electron chi connectivity index (χ2n) is 5.86. The van der Waals surface area contributed by atoms with Crippen molar-refractivity contribution in [3.63, 3.8) is 0 Å². The van der Waals surface area contributed by atoms with Crippen LogP contribution in [0, 0.1) is 23.7 Å². The van der Waals surface area contributed by atoms with Crippen LogP contribution in [0.3, 0.4) is 0 Å². The number of rotatable bonds is 6. The molecule has 0 aromatic rings. The first-order valence-electron chi connectivity index (χ1n) is 6.28. The molecule has 0 saturated carbocycles. The number of nitrogens with two attached hydrogens (primary N) is 2. The van der Waals surface area contributed by atoms with E-state index in [0.717, 1.165) is 0 Å². The fourth-order valence-corrected chi connectivity index (χ4v) is 2.28. The predicted octanol–water partition coefficient (Wildman–Crippen LogP) is 2.62. The Morgan fingerprint density at radius 1 is 0.800 bits per heavy atom. The summed E-state index contributed by atoms with van der Waals surface area (Å²) < 4.78 is 0. The minimum atomic E-state index is 0.217. The molecule has 0 amide bonds. The van der Waals surface area contributed by atoms with E-state index in [1.54, 1.807) is 0 Å². The maximum Gasteiger partial charge on any atom is 0.0105 e. The summed E-state index contributed by atoms with van der Waals surface area (Å²) >= 11 is 0. The lowest BCUT2D eigenvalue weighted by molar-refractivity contribution is 0.243. The van der Waals surface area contributed by atoms with E-state index in [1.807, 2.05) is 0 Å². The van der Waals surface area contributed by atoms with E-state index in [2.05, 4.69) is 41.5 Å². The largest absolute Gasteiger partial charge is 0.327 e. The molecule has 0 spiro atoms. The first-order chi connectivity index (χ1) is 6.77. The summed E-state index contributed by atoms with van der Waals surface area (Å²) in [6, 6.07) is 0.444. The summed E-state index contributed by atoms with van der Waals surface area (Å²) in [5.41, 5.74) is 12.4. The van der Waals surface area contributed by atoms with Gasteiger partial charge in [-0.15, -0.1) is 0 Å². The van der Waals surface area contributed by atoms with Gasteiger partial charge in [0, 0.05) is 12.1 Å². The molecule has 0 heterocycles. The maximum atomic E-state index is 6.27. The third-order valence-corrected chi connectivity index (χ3v) is 3.48. The van der Waals surface area contributed by atoms with Gasteiger partial charge in [-0.3, -0.25) is 0 Å². The minimum absolute atomic E-state index is 0.217. The molecular weight excluding hydrogens is 184 g/mol. The molecular formula is C13H30N2. The SMILES string of the molecule is CC(C)CC(C)C(N)C(C)C(N)C(C)C. The van der Waals surface area contributed by atoms with Gasteiger partial charge in [0.15, 0.2) is 0 Å². The van der Waals surface area contributed by atoms with Gasteiger partial charge < -0.3 is 11.5 Å². The van der Waals surface area contributed by atoms with E-state index in [4.69, 9.17) is 11.5 Å². The van der Waals surface area contributed by atoms with E-state index in [-0.39, 0.29) is 12.1 Å². The van der Waals surface area contributed by atoms with Crippen LogP contribution in [0.25, 0.3) is 0 Å². The maximum absolute atomic E-state index is 6.27. The Kier molecular flexibility index (Phi) is 6.46. The van der Waals surface area contributed by atoms with E-state index >= 15 is 0 Å². The van der Waals surface area contributed by atoms with Crippen molar-refractivity contribution >= 4 is 0 Å². The van der Waals surface area contributed by atoms with Crippen molar-refractivity contribution in [3.05, 3.63) is 0 Å². The summed E-state index contributed by atoms with van der Waals surface area (Å²) in [6.45, 7) is 13.3. The highest BCUT2D eigenvalue weighted by molar-refractivity contribution is 4.84. The average Bonchev–Trinajstić information content (AvgIpc) is 2.13. The molecule has 0 radical (unpaired) electrons. The molecule has 0 fully saturated rings. The van der Waals surface area contributed by atoms with Crippen molar-refractivity contribution in [1.82, 2.24) is 0 Å². The van der Waals surface area contributed by atoms with Gasteiger partial charge in [-0.2, -0.15) is 0 Å². The van der Waals surface area contributed by atoms with Crippen LogP contribution >= 0.6 is 0 Å². The highest BCUT2D eigenvalue weighted by atomic mass is 14.7. The van der Waals surface area contributed by atoms with Crippen LogP contribution in [-0.4, -0.2) is 12.1 Å². The molecule has 15 heavy (non-hydrogen) atoms. The lowest BCUT2D eigenvalue weighted by Gasteiger charge is -2.33. The molecule has 4 unspecified atom stereocenters. The van der Waals surface area contributed by atoms with Gasteiger partial charge >= 0.3 is 0 Å². The zero-order valence-corrected chi connectivity index (χ0v) is 11.3. The molecule has 0 rings (SSSR count). The van der Waals surface area contributed by atoms with Crippen LogP contribution < -0.4 is 11.5 Å². The monoisotopic (exact) mass is 214 g/mol. The minimum Gasteiger partial charge on any atom is -0.327 e. The van der Waals surface area contributed by atoms with Gasteiger partial charge in [-0.1, -0.05) is 41.5 Å². The molecule has 0 aliphatic carbocycles. The summed E-state index contributed by atoms with van der Waals surface area (Å²) in [6.07, 6.45) is 1.19. The highest BCUT2D eigenvalue weighted by Gasteiger charge is 2.26. The fourth-order valence-electron chi connectivity index (χ4n) is 2.28. The van der Waals surface area contributed by atoms with Gasteiger partial charge in [0.25, 0.3) is 0 Å². The molecule has 2 nitrogen and oxygen atoms in total. The number of hydrogen-bond donors (Lipinski definition) is 2. The van der Waals surface area contributed by atoms with Gasteiger partial charge in [0.05, 0.1) is 0 Å². The average molecular weight is 214 g/mol. The molecule has 0 saturated heterocycles. The number of hydrogen-bond acceptors (Lipinski definition) is 2. The highest BCUT2D eigenvalue weighted by Crippen LogP contribution is 2.22. The third-order valence-electron chi connectivity index (χ3n) is 3.48. The van der Waals surface area contributed by atoms with E-state index < -0.39 is 0 Å². The molecule has 4 N–H and O–H groups in total. The van der Waals surface area contributed by atoms with E-state index in [0.29, 0.717) is 23.7 Å². The van der Waals surface area contributed by atoms with Gasteiger partial charge in [0.2, 0.25) is 0 Å². The second kappa shape index (κ2) is 6.49. The summed E-state index contributed by atoms with van der Waals surface area (Å²) in [5, 5.41) is 0. The third kappa shape index (κ3) is 4.98. The van der Waals surface area contributed by atoms with Crippen molar-refractivity contribution in [2.75, 3.05) is 0 Å². The quantitative estimate of drug-likeness (QED) is 0.714. The smallest absolute Gasteiger partial charge is 0.0105 e. The first kappa shape index (κ1) is 14.9. The van der Waals surface area contributed by atoms with Crippen LogP contribution in [0.5, 0.6) is 0 Å². The lowest BCUT2D eigenvalue weighted by Crippen LogP contribution is -2.46. The van der Waals surface area contributed by atoms with Crippen LogP contribution in [0.2, 0.25) is 0 Å². The Labute approximate surface area is 95.8 Å². The molecule has 0 aliphatic rings. The Balaban J connectivity index is 4.23. The van der Waals surface area contributed by atoms with Crippen molar-refractivity contribution in [3.8, 4) is 0 Å². The van der Waals surface area contributed by atoms with Crippen molar-refractivity contribution < 1.29 is 0 Å². The molecule has 0 aliphatic heterocycles. The van der Waals surface area contributed by atoms with Gasteiger partial charge in [-0.05, 0) is 30.1 Å². The summed E-state index contributed by atoms with van der Waals surface area (Å²) in [5.74, 6) is 2.19. The second-order valence-corrected chi connectivity index (χ2v) is 5.86. The normalized spacial score (nSPS) is 20.4. The molecule has 4 atom stereocenters. The van der Waals surface area contributed by atoms with Crippen LogP contribution in [0.15, 0.2) is 0 Å². The first-order valence-corrected chi connectivity index (χ1v) is 6.28. The predicted molar refractivity (Wildman–Crippen MR) is 68.6 cm³/mol. The van der Waals surface area contributed by atoms with Crippen molar-refractivity contribution in [1.29, 1.82) is 0 Å². The Bertz CT molecular complexity index is 166. The zero-order chi connectivity index (χ0) is 12.2. The van der Waals surface area contributed by atoms with Crippen molar-refractivity contribution in [2.24, 2.45) is 35.1 Å². The summed E-state index contributed by atoms with van der Waals surface area (Å²) in [4.78, 5) is 0. The standard InChI is InChI=1S/C13H30N2/c1-8(2)7-10(5)13(15)11(6)12(14)9(3)4/h8-13H,7,14-15H2,1-6H3. The summed E-state index contributed by atoms with van der Waals surface area (Å²) in [7, 11) is 0. The molecule has 2 heteroatoms. The topological polar surface area (TPSA) is 52.0 Å². The Morgan fingerprint density at radius 3 is 1.60 bits per heavy atom. The molecule has 92 valence electrons. The lowest BCUT2D eigenvalue weighted by atomic mass is 9.79. The molecule has 0 bridgehead atoms. The van der Waals surface area contributed by atoms with Crippen molar-refractivity contribution in [2.45, 2.75) is 60.0 Å². The van der Waals surface area contributed by atoms with E-state index in [1.165, 1.54) is 6.42 Å². The molecule has 0 aromatic heterocycles. The Hall–Kier alpha value is -0.0800. The van der Waals surface area contributed by atoms with E-state index in [9.17, 15) is 0 Å². The van der Waals surface area contributed by atoms with Crippen LogP contribution in [0.4, 0.5) is 0 Å². The van der Waals surface area contributed by atoms with Gasteiger partial charge in [0.1, 0.15) is 0 Å². The van der Waals surface area contributed by atoms with Crippen LogP contribution in [0.1, 0.15) is 48.0 Å². The zero-order valence-electron chi connectivity index (χ0n) is 11.3. The van der Waals surface area contributed by atoms with Crippen LogP contribution in [-0.2, 0) is 0 Å². The fraction of sp³-hybridized carbons (Fsp3) is 1.00. The Morgan fingerprint density at radius 2 is 1.27 bits per heavy atom. The van der Waals surface area contributed by atoms with Gasteiger partial charge in [-0.25, -0.2) is 0 Å².